The lowest BCUT2D eigenvalue weighted by atomic mass is 10.1. The highest BCUT2D eigenvalue weighted by Crippen LogP contribution is 2.24. The van der Waals surface area contributed by atoms with E-state index in [1.807, 2.05) is 24.1 Å². The summed E-state index contributed by atoms with van der Waals surface area (Å²) in [5, 5.41) is 3.47. The van der Waals surface area contributed by atoms with Crippen molar-refractivity contribution in [3.8, 4) is 0 Å². The number of hydrogen-bond acceptors (Lipinski definition) is 4. The SMILES string of the molecule is CN(CCS(C)(=O)=O)c1ccc(Br)cc1CNC(C)(C)C. The zero-order valence-electron chi connectivity index (χ0n) is 13.4. The van der Waals surface area contributed by atoms with Crippen molar-refractivity contribution in [2.24, 2.45) is 0 Å². The highest BCUT2D eigenvalue weighted by atomic mass is 79.9. The van der Waals surface area contributed by atoms with E-state index in [1.54, 1.807) is 0 Å². The molecule has 0 aromatic heterocycles. The summed E-state index contributed by atoms with van der Waals surface area (Å²) in [6.07, 6.45) is 1.27. The van der Waals surface area contributed by atoms with E-state index in [9.17, 15) is 8.42 Å². The highest BCUT2D eigenvalue weighted by Gasteiger charge is 2.14. The Morgan fingerprint density at radius 1 is 1.29 bits per heavy atom. The lowest BCUT2D eigenvalue weighted by Gasteiger charge is -2.25. The Hall–Kier alpha value is -0.590. The van der Waals surface area contributed by atoms with Crippen molar-refractivity contribution < 1.29 is 8.42 Å². The van der Waals surface area contributed by atoms with Gasteiger partial charge >= 0.3 is 0 Å². The number of hydrogen-bond donors (Lipinski definition) is 1. The molecular formula is C15H25BrN2O2S. The third-order valence-electron chi connectivity index (χ3n) is 3.06. The van der Waals surface area contributed by atoms with Gasteiger partial charge in [0.15, 0.2) is 0 Å². The van der Waals surface area contributed by atoms with Crippen molar-refractivity contribution in [3.63, 3.8) is 0 Å². The first-order valence-corrected chi connectivity index (χ1v) is 9.75. The van der Waals surface area contributed by atoms with E-state index in [0.717, 1.165) is 22.3 Å². The van der Waals surface area contributed by atoms with Crippen LogP contribution in [-0.4, -0.2) is 39.6 Å². The zero-order chi connectivity index (χ0) is 16.3. The summed E-state index contributed by atoms with van der Waals surface area (Å²) in [7, 11) is -1.02. The molecule has 1 rings (SSSR count). The first kappa shape index (κ1) is 18.5. The maximum Gasteiger partial charge on any atom is 0.149 e. The normalized spacial score (nSPS) is 12.5. The molecule has 0 aliphatic heterocycles. The van der Waals surface area contributed by atoms with Crippen molar-refractivity contribution in [3.05, 3.63) is 28.2 Å². The van der Waals surface area contributed by atoms with Gasteiger partial charge in [-0.1, -0.05) is 15.9 Å². The van der Waals surface area contributed by atoms with Crippen LogP contribution in [0.1, 0.15) is 26.3 Å². The number of rotatable bonds is 6. The number of halogens is 1. The average molecular weight is 377 g/mol. The molecule has 0 aliphatic carbocycles. The summed E-state index contributed by atoms with van der Waals surface area (Å²) < 4.78 is 23.7. The first-order chi connectivity index (χ1) is 9.48. The fourth-order valence-corrected chi connectivity index (χ4v) is 2.87. The first-order valence-electron chi connectivity index (χ1n) is 6.90. The molecule has 0 bridgehead atoms. The molecule has 0 fully saturated rings. The molecule has 6 heteroatoms. The van der Waals surface area contributed by atoms with E-state index < -0.39 is 9.84 Å². The molecule has 4 nitrogen and oxygen atoms in total. The maximum absolute atomic E-state index is 11.3. The number of nitrogens with one attached hydrogen (secondary N) is 1. The van der Waals surface area contributed by atoms with E-state index in [-0.39, 0.29) is 11.3 Å². The van der Waals surface area contributed by atoms with Gasteiger partial charge in [-0.15, -0.1) is 0 Å². The molecule has 0 aliphatic rings. The van der Waals surface area contributed by atoms with E-state index in [0.29, 0.717) is 6.54 Å². The standard InChI is InChI=1S/C15H25BrN2O2S/c1-15(2,3)17-11-12-10-13(16)6-7-14(12)18(4)8-9-21(5,19)20/h6-7,10,17H,8-9,11H2,1-5H3. The third-order valence-corrected chi connectivity index (χ3v) is 4.48. The molecule has 0 heterocycles. The van der Waals surface area contributed by atoms with Crippen LogP contribution in [0.15, 0.2) is 22.7 Å². The second-order valence-electron chi connectivity index (χ2n) is 6.43. The lowest BCUT2D eigenvalue weighted by Crippen LogP contribution is -2.35. The second kappa shape index (κ2) is 7.11. The Morgan fingerprint density at radius 3 is 2.43 bits per heavy atom. The summed E-state index contributed by atoms with van der Waals surface area (Å²) in [5.74, 6) is 0.158. The van der Waals surface area contributed by atoms with Gasteiger partial charge in [-0.25, -0.2) is 8.42 Å². The summed E-state index contributed by atoms with van der Waals surface area (Å²) in [4.78, 5) is 1.99. The smallest absolute Gasteiger partial charge is 0.149 e. The van der Waals surface area contributed by atoms with Gasteiger partial charge in [-0.2, -0.15) is 0 Å². The Morgan fingerprint density at radius 2 is 1.90 bits per heavy atom. The van der Waals surface area contributed by atoms with E-state index in [4.69, 9.17) is 0 Å². The molecule has 120 valence electrons. The molecule has 1 aromatic carbocycles. The van der Waals surface area contributed by atoms with Crippen LogP contribution in [0.5, 0.6) is 0 Å². The predicted octanol–water partition coefficient (Wildman–Crippen LogP) is 2.82. The van der Waals surface area contributed by atoms with Gasteiger partial charge in [0, 0.05) is 42.1 Å². The summed E-state index contributed by atoms with van der Waals surface area (Å²) in [6, 6.07) is 6.07. The van der Waals surface area contributed by atoms with Crippen molar-refractivity contribution >= 4 is 31.5 Å². The Balaban J connectivity index is 2.90. The number of sulfone groups is 1. The summed E-state index contributed by atoms with van der Waals surface area (Å²) in [6.45, 7) is 7.60. The zero-order valence-corrected chi connectivity index (χ0v) is 15.8. The molecule has 0 saturated carbocycles. The van der Waals surface area contributed by atoms with Gasteiger partial charge in [0.05, 0.1) is 5.75 Å². The van der Waals surface area contributed by atoms with Gasteiger partial charge < -0.3 is 10.2 Å². The van der Waals surface area contributed by atoms with Gasteiger partial charge in [-0.05, 0) is 44.5 Å². The molecule has 0 amide bonds. The van der Waals surface area contributed by atoms with Crippen molar-refractivity contribution in [1.82, 2.24) is 5.32 Å². The van der Waals surface area contributed by atoms with Crippen molar-refractivity contribution in [2.45, 2.75) is 32.9 Å². The van der Waals surface area contributed by atoms with Gasteiger partial charge in [0.25, 0.3) is 0 Å². The Kier molecular flexibility index (Phi) is 6.25. The van der Waals surface area contributed by atoms with Crippen LogP contribution in [0.3, 0.4) is 0 Å². The van der Waals surface area contributed by atoms with Crippen LogP contribution in [0.4, 0.5) is 5.69 Å². The monoisotopic (exact) mass is 376 g/mol. The summed E-state index contributed by atoms with van der Waals surface area (Å²) >= 11 is 3.49. The number of nitrogens with zero attached hydrogens (tertiary/aromatic N) is 1. The minimum Gasteiger partial charge on any atom is -0.373 e. The van der Waals surface area contributed by atoms with E-state index in [1.165, 1.54) is 6.26 Å². The molecule has 1 aromatic rings. The maximum atomic E-state index is 11.3. The highest BCUT2D eigenvalue weighted by molar-refractivity contribution is 9.10. The fourth-order valence-electron chi connectivity index (χ4n) is 1.85. The van der Waals surface area contributed by atoms with Crippen LogP contribution in [0.25, 0.3) is 0 Å². The molecule has 0 radical (unpaired) electrons. The van der Waals surface area contributed by atoms with Crippen LogP contribution < -0.4 is 10.2 Å². The number of benzene rings is 1. The molecule has 0 saturated heterocycles. The van der Waals surface area contributed by atoms with Gasteiger partial charge in [0.2, 0.25) is 0 Å². The van der Waals surface area contributed by atoms with Crippen LogP contribution in [-0.2, 0) is 16.4 Å². The number of anilines is 1. The second-order valence-corrected chi connectivity index (χ2v) is 9.60. The van der Waals surface area contributed by atoms with Gasteiger partial charge in [0.1, 0.15) is 9.84 Å². The molecular weight excluding hydrogens is 352 g/mol. The van der Waals surface area contributed by atoms with Crippen LogP contribution in [0, 0.1) is 0 Å². The quantitative estimate of drug-likeness (QED) is 0.828. The Bertz CT molecular complexity index is 580. The van der Waals surface area contributed by atoms with Crippen molar-refractivity contribution in [1.29, 1.82) is 0 Å². The third kappa shape index (κ3) is 7.29. The predicted molar refractivity (Wildman–Crippen MR) is 93.7 cm³/mol. The fraction of sp³-hybridized carbons (Fsp3) is 0.600. The molecule has 0 spiro atoms. The van der Waals surface area contributed by atoms with Crippen LogP contribution >= 0.6 is 15.9 Å². The molecule has 0 atom stereocenters. The minimum absolute atomic E-state index is 0.0327. The average Bonchev–Trinajstić information content (AvgIpc) is 2.32. The lowest BCUT2D eigenvalue weighted by molar-refractivity contribution is 0.424. The van der Waals surface area contributed by atoms with Crippen LogP contribution in [0.2, 0.25) is 0 Å². The molecule has 21 heavy (non-hydrogen) atoms. The van der Waals surface area contributed by atoms with Crippen molar-refractivity contribution in [2.75, 3.05) is 30.5 Å². The molecule has 0 unspecified atom stereocenters. The summed E-state index contributed by atoms with van der Waals surface area (Å²) in [5.41, 5.74) is 2.24. The minimum atomic E-state index is -2.95. The molecule has 1 N–H and O–H groups in total. The van der Waals surface area contributed by atoms with E-state index in [2.05, 4.69) is 48.1 Å². The largest absolute Gasteiger partial charge is 0.373 e. The van der Waals surface area contributed by atoms with Gasteiger partial charge in [-0.3, -0.25) is 0 Å². The topological polar surface area (TPSA) is 49.4 Å². The van der Waals surface area contributed by atoms with E-state index >= 15 is 0 Å². The Labute approximate surface area is 137 Å².